The Bertz CT molecular complexity index is 479. The van der Waals surface area contributed by atoms with E-state index in [0.717, 1.165) is 25.2 Å². The predicted octanol–water partition coefficient (Wildman–Crippen LogP) is 2.50. The summed E-state index contributed by atoms with van der Waals surface area (Å²) in [5.74, 6) is 0.531. The first-order chi connectivity index (χ1) is 9.60. The maximum absolute atomic E-state index is 10.9. The Hall–Kier alpha value is -1.82. The molecule has 0 bridgehead atoms. The van der Waals surface area contributed by atoms with Crippen LogP contribution in [0.5, 0.6) is 5.75 Å². The first-order valence-electron chi connectivity index (χ1n) is 6.96. The second-order valence-electron chi connectivity index (χ2n) is 5.06. The lowest BCUT2D eigenvalue weighted by Gasteiger charge is -2.20. The van der Waals surface area contributed by atoms with Gasteiger partial charge in [-0.1, -0.05) is 0 Å². The zero-order valence-corrected chi connectivity index (χ0v) is 12.0. The molecule has 20 heavy (non-hydrogen) atoms. The van der Waals surface area contributed by atoms with E-state index in [0.29, 0.717) is 18.4 Å². The SMILES string of the molecule is CCOc1cc(NCC2CCCN2C)cc([N+](=O)[O-])c1. The number of nitro groups is 1. The molecule has 1 aliphatic rings. The standard InChI is InChI=1S/C14H21N3O3/c1-3-20-14-8-11(7-13(9-14)17(18)19)15-10-12-5-4-6-16(12)2/h7-9,12,15H,3-6,10H2,1-2H3. The summed E-state index contributed by atoms with van der Waals surface area (Å²) in [6.07, 6.45) is 2.37. The first kappa shape index (κ1) is 14.6. The van der Waals surface area contributed by atoms with Crippen LogP contribution in [0.1, 0.15) is 19.8 Å². The zero-order valence-electron chi connectivity index (χ0n) is 12.0. The van der Waals surface area contributed by atoms with E-state index in [1.807, 2.05) is 13.0 Å². The highest BCUT2D eigenvalue weighted by molar-refractivity contribution is 5.56. The van der Waals surface area contributed by atoms with E-state index in [-0.39, 0.29) is 5.69 Å². The third-order valence-electron chi connectivity index (χ3n) is 3.63. The molecule has 1 fully saturated rings. The number of non-ortho nitro benzene ring substituents is 1. The van der Waals surface area contributed by atoms with Gasteiger partial charge in [0.15, 0.2) is 0 Å². The molecule has 0 radical (unpaired) electrons. The van der Waals surface area contributed by atoms with Crippen LogP contribution in [0.25, 0.3) is 0 Å². The Morgan fingerprint density at radius 3 is 2.90 bits per heavy atom. The summed E-state index contributed by atoms with van der Waals surface area (Å²) < 4.78 is 5.38. The highest BCUT2D eigenvalue weighted by Gasteiger charge is 2.20. The number of nitrogens with one attached hydrogen (secondary N) is 1. The molecule has 1 N–H and O–H groups in total. The number of likely N-dealkylation sites (N-methyl/N-ethyl adjacent to an activating group) is 1. The summed E-state index contributed by atoms with van der Waals surface area (Å²) in [5, 5.41) is 14.2. The van der Waals surface area contributed by atoms with Crippen LogP contribution in [0, 0.1) is 10.1 Å². The van der Waals surface area contributed by atoms with Crippen molar-refractivity contribution in [2.75, 3.05) is 32.1 Å². The first-order valence-corrected chi connectivity index (χ1v) is 6.96. The van der Waals surface area contributed by atoms with Gasteiger partial charge in [0.1, 0.15) is 5.75 Å². The molecule has 1 aromatic rings. The molecule has 0 amide bonds. The van der Waals surface area contributed by atoms with Gasteiger partial charge in [0.05, 0.1) is 17.6 Å². The molecular weight excluding hydrogens is 258 g/mol. The van der Waals surface area contributed by atoms with Crippen molar-refractivity contribution in [2.24, 2.45) is 0 Å². The molecule has 0 saturated carbocycles. The Balaban J connectivity index is 2.07. The van der Waals surface area contributed by atoms with Gasteiger partial charge in [-0.15, -0.1) is 0 Å². The number of hydrogen-bond donors (Lipinski definition) is 1. The molecule has 1 saturated heterocycles. The fraction of sp³-hybridized carbons (Fsp3) is 0.571. The van der Waals surface area contributed by atoms with Crippen LogP contribution in [0.15, 0.2) is 18.2 Å². The second-order valence-corrected chi connectivity index (χ2v) is 5.06. The lowest BCUT2D eigenvalue weighted by molar-refractivity contribution is -0.384. The van der Waals surface area contributed by atoms with Gasteiger partial charge < -0.3 is 15.0 Å². The summed E-state index contributed by atoms with van der Waals surface area (Å²) in [6, 6.07) is 5.31. The minimum absolute atomic E-state index is 0.0539. The Labute approximate surface area is 118 Å². The fourth-order valence-electron chi connectivity index (χ4n) is 2.51. The van der Waals surface area contributed by atoms with E-state index in [1.54, 1.807) is 6.07 Å². The van der Waals surface area contributed by atoms with Gasteiger partial charge in [0, 0.05) is 30.4 Å². The van der Waals surface area contributed by atoms with Crippen LogP contribution >= 0.6 is 0 Å². The second kappa shape index (κ2) is 6.56. The van der Waals surface area contributed by atoms with Crippen LogP contribution in [-0.2, 0) is 0 Å². The molecule has 1 atom stereocenters. The fourth-order valence-corrected chi connectivity index (χ4v) is 2.51. The normalized spacial score (nSPS) is 19.0. The summed E-state index contributed by atoms with van der Waals surface area (Å²) in [5.41, 5.74) is 0.793. The van der Waals surface area contributed by atoms with Crippen molar-refractivity contribution < 1.29 is 9.66 Å². The third-order valence-corrected chi connectivity index (χ3v) is 3.63. The summed E-state index contributed by atoms with van der Waals surface area (Å²) in [7, 11) is 2.11. The van der Waals surface area contributed by atoms with Crippen molar-refractivity contribution in [3.05, 3.63) is 28.3 Å². The van der Waals surface area contributed by atoms with Crippen LogP contribution in [0.3, 0.4) is 0 Å². The van der Waals surface area contributed by atoms with Crippen LogP contribution in [0.4, 0.5) is 11.4 Å². The summed E-state index contributed by atoms with van der Waals surface area (Å²) in [6.45, 7) is 4.26. The largest absolute Gasteiger partial charge is 0.494 e. The number of nitro benzene ring substituents is 1. The van der Waals surface area contributed by atoms with Gasteiger partial charge in [-0.2, -0.15) is 0 Å². The monoisotopic (exact) mass is 279 g/mol. The quantitative estimate of drug-likeness (QED) is 0.640. The molecule has 1 aliphatic heterocycles. The van der Waals surface area contributed by atoms with Crippen LogP contribution < -0.4 is 10.1 Å². The molecule has 0 aromatic heterocycles. The molecule has 1 aromatic carbocycles. The van der Waals surface area contributed by atoms with E-state index in [9.17, 15) is 10.1 Å². The van der Waals surface area contributed by atoms with E-state index in [4.69, 9.17) is 4.74 Å². The number of anilines is 1. The molecule has 110 valence electrons. The van der Waals surface area contributed by atoms with Gasteiger partial charge >= 0.3 is 0 Å². The Morgan fingerprint density at radius 2 is 2.30 bits per heavy atom. The number of rotatable bonds is 6. The van der Waals surface area contributed by atoms with Crippen LogP contribution in [0.2, 0.25) is 0 Å². The summed E-state index contributed by atoms with van der Waals surface area (Å²) in [4.78, 5) is 12.9. The van der Waals surface area contributed by atoms with Gasteiger partial charge in [-0.3, -0.25) is 10.1 Å². The number of hydrogen-bond acceptors (Lipinski definition) is 5. The minimum Gasteiger partial charge on any atom is -0.494 e. The Morgan fingerprint density at radius 1 is 1.50 bits per heavy atom. The average Bonchev–Trinajstić information content (AvgIpc) is 2.82. The van der Waals surface area contributed by atoms with Crippen molar-refractivity contribution in [3.8, 4) is 5.75 Å². The molecule has 1 unspecified atom stereocenters. The molecule has 6 nitrogen and oxygen atoms in total. The van der Waals surface area contributed by atoms with Crippen molar-refractivity contribution in [2.45, 2.75) is 25.8 Å². The number of nitrogens with zero attached hydrogens (tertiary/aromatic N) is 2. The van der Waals surface area contributed by atoms with Gasteiger partial charge in [0.2, 0.25) is 0 Å². The number of benzene rings is 1. The molecule has 2 rings (SSSR count). The number of likely N-dealkylation sites (tertiary alicyclic amines) is 1. The highest BCUT2D eigenvalue weighted by atomic mass is 16.6. The smallest absolute Gasteiger partial charge is 0.275 e. The van der Waals surface area contributed by atoms with Crippen molar-refractivity contribution in [1.29, 1.82) is 0 Å². The molecule has 6 heteroatoms. The maximum Gasteiger partial charge on any atom is 0.275 e. The molecular formula is C14H21N3O3. The average molecular weight is 279 g/mol. The van der Waals surface area contributed by atoms with Crippen molar-refractivity contribution in [1.82, 2.24) is 4.90 Å². The van der Waals surface area contributed by atoms with Gasteiger partial charge in [0.25, 0.3) is 5.69 Å². The molecule has 0 spiro atoms. The number of ether oxygens (including phenoxy) is 1. The lowest BCUT2D eigenvalue weighted by atomic mass is 10.2. The van der Waals surface area contributed by atoms with E-state index < -0.39 is 4.92 Å². The van der Waals surface area contributed by atoms with Crippen molar-refractivity contribution >= 4 is 11.4 Å². The molecule has 1 heterocycles. The topological polar surface area (TPSA) is 67.6 Å². The van der Waals surface area contributed by atoms with Crippen molar-refractivity contribution in [3.63, 3.8) is 0 Å². The van der Waals surface area contributed by atoms with Gasteiger partial charge in [-0.25, -0.2) is 0 Å². The molecule has 0 aliphatic carbocycles. The third kappa shape index (κ3) is 3.60. The Kier molecular flexibility index (Phi) is 4.79. The van der Waals surface area contributed by atoms with E-state index >= 15 is 0 Å². The lowest BCUT2D eigenvalue weighted by Crippen LogP contribution is -2.31. The van der Waals surface area contributed by atoms with E-state index in [2.05, 4.69) is 17.3 Å². The van der Waals surface area contributed by atoms with E-state index in [1.165, 1.54) is 12.5 Å². The van der Waals surface area contributed by atoms with Crippen LogP contribution in [-0.4, -0.2) is 42.6 Å². The minimum atomic E-state index is -0.393. The summed E-state index contributed by atoms with van der Waals surface area (Å²) >= 11 is 0. The predicted molar refractivity (Wildman–Crippen MR) is 78.4 cm³/mol. The zero-order chi connectivity index (χ0) is 14.5. The maximum atomic E-state index is 10.9. The highest BCUT2D eigenvalue weighted by Crippen LogP contribution is 2.26. The van der Waals surface area contributed by atoms with Gasteiger partial charge in [-0.05, 0) is 33.4 Å².